The van der Waals surface area contributed by atoms with Gasteiger partial charge in [-0.25, -0.2) is 0 Å². The van der Waals surface area contributed by atoms with E-state index < -0.39 is 5.41 Å². The van der Waals surface area contributed by atoms with Gasteiger partial charge in [0.25, 0.3) is 0 Å². The molecule has 1 aliphatic carbocycles. The molecule has 2 aliphatic heterocycles. The smallest absolute Gasteiger partial charge is 0.243 e. The van der Waals surface area contributed by atoms with Gasteiger partial charge in [0.15, 0.2) is 0 Å². The summed E-state index contributed by atoms with van der Waals surface area (Å²) in [5.41, 5.74) is 3.89. The Morgan fingerprint density at radius 3 is 2.54 bits per heavy atom. The molecule has 6 heteroatoms. The molecule has 37 heavy (non-hydrogen) atoms. The number of rotatable bonds is 7. The molecule has 1 fully saturated rings. The molecule has 1 saturated heterocycles. The Morgan fingerprint density at radius 1 is 1.08 bits per heavy atom. The van der Waals surface area contributed by atoms with Gasteiger partial charge in [0.05, 0.1) is 20.3 Å². The largest absolute Gasteiger partial charge is 0.497 e. The van der Waals surface area contributed by atoms with Crippen LogP contribution >= 0.6 is 0 Å². The van der Waals surface area contributed by atoms with Crippen LogP contribution in [0.25, 0.3) is 0 Å². The Bertz CT molecular complexity index is 1200. The number of amides is 1. The summed E-state index contributed by atoms with van der Waals surface area (Å²) in [6, 6.07) is 14.3. The normalized spacial score (nSPS) is 22.1. The Hall–Kier alpha value is -3.09. The molecule has 1 amide bonds. The van der Waals surface area contributed by atoms with Gasteiger partial charge in [-0.05, 0) is 59.2 Å². The van der Waals surface area contributed by atoms with Gasteiger partial charge < -0.3 is 19.5 Å². The third kappa shape index (κ3) is 4.80. The van der Waals surface area contributed by atoms with Crippen molar-refractivity contribution in [2.24, 2.45) is 0 Å². The third-order valence-electron chi connectivity index (χ3n) is 7.72. The van der Waals surface area contributed by atoms with Crippen LogP contribution in [-0.4, -0.2) is 57.4 Å². The summed E-state index contributed by atoms with van der Waals surface area (Å²) in [4.78, 5) is 16.5. The van der Waals surface area contributed by atoms with Crippen LogP contribution in [0.15, 0.2) is 65.9 Å². The summed E-state index contributed by atoms with van der Waals surface area (Å²) in [6.07, 6.45) is 6.04. The van der Waals surface area contributed by atoms with E-state index in [1.54, 1.807) is 7.11 Å². The van der Waals surface area contributed by atoms with Crippen LogP contribution in [0.5, 0.6) is 11.5 Å². The van der Waals surface area contributed by atoms with Crippen molar-refractivity contribution >= 4 is 5.91 Å². The van der Waals surface area contributed by atoms with E-state index in [0.29, 0.717) is 6.61 Å². The molecule has 0 radical (unpaired) electrons. The number of allylic oxidation sites excluding steroid dienone is 3. The Balaban J connectivity index is 1.64. The predicted molar refractivity (Wildman–Crippen MR) is 145 cm³/mol. The number of morpholine rings is 1. The lowest BCUT2D eigenvalue weighted by Crippen LogP contribution is -2.41. The van der Waals surface area contributed by atoms with Gasteiger partial charge in [-0.2, -0.15) is 0 Å². The minimum atomic E-state index is -1.01. The first-order valence-electron chi connectivity index (χ1n) is 13.3. The van der Waals surface area contributed by atoms with Crippen molar-refractivity contribution in [3.05, 3.63) is 82.6 Å². The zero-order valence-corrected chi connectivity index (χ0v) is 22.4. The fraction of sp³-hybridized carbons (Fsp3) is 0.452. The SMILES string of the molecule is COc1ccc(C2(c3cc(C(C)(C)C)ccc3OCCN3CCOCC3)C(=O)NC3=C2C=CCC3)cc1. The van der Waals surface area contributed by atoms with Gasteiger partial charge in [-0.15, -0.1) is 0 Å². The number of methoxy groups -OCH3 is 1. The van der Waals surface area contributed by atoms with Crippen LogP contribution in [0.1, 0.15) is 50.3 Å². The van der Waals surface area contributed by atoms with Crippen LogP contribution in [0.4, 0.5) is 0 Å². The van der Waals surface area contributed by atoms with Crippen molar-refractivity contribution in [2.45, 2.75) is 44.4 Å². The van der Waals surface area contributed by atoms with Crippen molar-refractivity contribution in [1.82, 2.24) is 10.2 Å². The van der Waals surface area contributed by atoms with Crippen molar-refractivity contribution in [3.8, 4) is 11.5 Å². The minimum absolute atomic E-state index is 0.0293. The zero-order chi connectivity index (χ0) is 26.0. The molecule has 0 spiro atoms. The van der Waals surface area contributed by atoms with E-state index in [1.807, 2.05) is 24.3 Å². The lowest BCUT2D eigenvalue weighted by Gasteiger charge is -2.34. The van der Waals surface area contributed by atoms with E-state index in [2.05, 4.69) is 61.3 Å². The summed E-state index contributed by atoms with van der Waals surface area (Å²) in [6.45, 7) is 11.3. The second-order valence-electron chi connectivity index (χ2n) is 11.0. The van der Waals surface area contributed by atoms with E-state index in [0.717, 1.165) is 85.1 Å². The first-order chi connectivity index (χ1) is 17.8. The van der Waals surface area contributed by atoms with Crippen LogP contribution in [0.3, 0.4) is 0 Å². The second-order valence-corrected chi connectivity index (χ2v) is 11.0. The first kappa shape index (κ1) is 25.6. The molecule has 1 N–H and O–H groups in total. The summed E-state index contributed by atoms with van der Waals surface area (Å²) < 4.78 is 17.4. The fourth-order valence-electron chi connectivity index (χ4n) is 5.57. The number of benzene rings is 2. The highest BCUT2D eigenvalue weighted by Gasteiger charge is 2.52. The average Bonchev–Trinajstić information content (AvgIpc) is 3.21. The van der Waals surface area contributed by atoms with Crippen LogP contribution in [0.2, 0.25) is 0 Å². The van der Waals surface area contributed by atoms with Crippen LogP contribution in [-0.2, 0) is 20.4 Å². The predicted octanol–water partition coefficient (Wildman–Crippen LogP) is 4.72. The lowest BCUT2D eigenvalue weighted by molar-refractivity contribution is -0.122. The molecule has 5 rings (SSSR count). The summed E-state index contributed by atoms with van der Waals surface area (Å²) in [5.74, 6) is 1.48. The Morgan fingerprint density at radius 2 is 1.84 bits per heavy atom. The highest BCUT2D eigenvalue weighted by atomic mass is 16.5. The summed E-state index contributed by atoms with van der Waals surface area (Å²) >= 11 is 0. The number of nitrogens with zero attached hydrogens (tertiary/aromatic N) is 1. The van der Waals surface area contributed by atoms with Gasteiger partial charge >= 0.3 is 0 Å². The van der Waals surface area contributed by atoms with E-state index in [4.69, 9.17) is 14.2 Å². The fourth-order valence-corrected chi connectivity index (χ4v) is 5.57. The van der Waals surface area contributed by atoms with Gasteiger partial charge in [0.1, 0.15) is 23.5 Å². The molecule has 0 bridgehead atoms. The first-order valence-corrected chi connectivity index (χ1v) is 13.3. The van der Waals surface area contributed by atoms with E-state index in [9.17, 15) is 4.79 Å². The number of hydrogen-bond acceptors (Lipinski definition) is 5. The quantitative estimate of drug-likeness (QED) is 0.594. The number of carbonyl (C=O) groups is 1. The Kier molecular flexibility index (Phi) is 7.15. The van der Waals surface area contributed by atoms with Crippen molar-refractivity contribution in [1.29, 1.82) is 0 Å². The van der Waals surface area contributed by atoms with Gasteiger partial charge in [-0.1, -0.05) is 51.1 Å². The molecule has 196 valence electrons. The van der Waals surface area contributed by atoms with Gasteiger partial charge in [0, 0.05) is 30.9 Å². The third-order valence-corrected chi connectivity index (χ3v) is 7.72. The van der Waals surface area contributed by atoms with E-state index >= 15 is 0 Å². The highest BCUT2D eigenvalue weighted by Crippen LogP contribution is 2.50. The molecule has 6 nitrogen and oxygen atoms in total. The molecule has 2 aromatic carbocycles. The summed E-state index contributed by atoms with van der Waals surface area (Å²) in [5, 5.41) is 3.25. The Labute approximate surface area is 220 Å². The number of hydrogen-bond donors (Lipinski definition) is 1. The molecule has 3 aliphatic rings. The molecule has 1 unspecified atom stereocenters. The zero-order valence-electron chi connectivity index (χ0n) is 22.4. The van der Waals surface area contributed by atoms with Crippen LogP contribution < -0.4 is 14.8 Å². The maximum absolute atomic E-state index is 14.2. The molecule has 0 saturated carbocycles. The summed E-state index contributed by atoms with van der Waals surface area (Å²) in [7, 11) is 1.66. The molecular weight excluding hydrogens is 464 g/mol. The average molecular weight is 503 g/mol. The van der Waals surface area contributed by atoms with E-state index in [-0.39, 0.29) is 11.3 Å². The molecule has 0 aromatic heterocycles. The van der Waals surface area contributed by atoms with Crippen molar-refractivity contribution in [2.75, 3.05) is 46.6 Å². The number of ether oxygens (including phenoxy) is 3. The molecule has 2 aromatic rings. The highest BCUT2D eigenvalue weighted by molar-refractivity contribution is 6.02. The second kappa shape index (κ2) is 10.3. The lowest BCUT2D eigenvalue weighted by atomic mass is 9.67. The van der Waals surface area contributed by atoms with Crippen molar-refractivity contribution in [3.63, 3.8) is 0 Å². The maximum atomic E-state index is 14.2. The standard InChI is InChI=1S/C31H38N2O4/c1-30(2,3)23-11-14-28(37-20-17-33-15-18-36-19-16-33)26(21-23)31(22-9-12-24(35-4)13-10-22)25-7-5-6-8-27(25)32-29(31)34/h5,7,9-14,21H,6,8,15-20H2,1-4H3,(H,32,34). The molecule has 2 heterocycles. The topological polar surface area (TPSA) is 60.0 Å². The maximum Gasteiger partial charge on any atom is 0.243 e. The van der Waals surface area contributed by atoms with Crippen LogP contribution in [0, 0.1) is 0 Å². The molecule has 1 atom stereocenters. The molecular formula is C31H38N2O4. The van der Waals surface area contributed by atoms with Gasteiger partial charge in [0.2, 0.25) is 5.91 Å². The number of nitrogens with one attached hydrogen (secondary N) is 1. The van der Waals surface area contributed by atoms with E-state index in [1.165, 1.54) is 0 Å². The monoisotopic (exact) mass is 502 g/mol. The van der Waals surface area contributed by atoms with Crippen molar-refractivity contribution < 1.29 is 19.0 Å². The number of carbonyl (C=O) groups excluding carboxylic acids is 1. The van der Waals surface area contributed by atoms with Gasteiger partial charge in [-0.3, -0.25) is 9.69 Å². The minimum Gasteiger partial charge on any atom is -0.497 e.